The molecule has 358 valence electrons. The number of aromatic carboxylic acids is 1. The lowest BCUT2D eigenvalue weighted by atomic mass is 9.90. The Morgan fingerprint density at radius 3 is 2.36 bits per heavy atom. The SMILES string of the molecule is O=C(CCCCCNC(=O)c1ccc(-c2c3ccc(=O)cc-3oc3cc(O)ccc23)c(C(=O)O)c1)NC/C=C/c1cn([C@@H]2C[C@H](COP(=O)(O)OP(=O)(O)OP(=O)(O)O)[C@@H](O)C2)c(=O)[nH]c1=O. The van der Waals surface area contributed by atoms with Gasteiger partial charge in [0.25, 0.3) is 11.5 Å². The molecular formula is C40H43N4O20P3. The topological polar surface area (TPSA) is 381 Å². The number of fused-ring (bicyclic) bond motifs is 2. The minimum atomic E-state index is -5.75. The molecule has 0 radical (unpaired) electrons. The van der Waals surface area contributed by atoms with E-state index in [1.54, 1.807) is 6.07 Å². The van der Waals surface area contributed by atoms with Crippen molar-refractivity contribution < 1.29 is 80.5 Å². The number of amides is 2. The molecule has 2 heterocycles. The van der Waals surface area contributed by atoms with Gasteiger partial charge in [-0.3, -0.25) is 33.3 Å². The number of carbonyl (C=O) groups is 3. The fourth-order valence-corrected chi connectivity index (χ4v) is 10.5. The van der Waals surface area contributed by atoms with Gasteiger partial charge in [0.1, 0.15) is 17.1 Å². The Hall–Kier alpha value is -5.87. The van der Waals surface area contributed by atoms with Gasteiger partial charge in [-0.15, -0.1) is 0 Å². The van der Waals surface area contributed by atoms with Crippen molar-refractivity contribution in [3.63, 3.8) is 0 Å². The van der Waals surface area contributed by atoms with Crippen LogP contribution < -0.4 is 27.3 Å². The van der Waals surface area contributed by atoms with E-state index in [4.69, 9.17) is 14.2 Å². The van der Waals surface area contributed by atoms with Crippen molar-refractivity contribution in [3.8, 4) is 28.2 Å². The summed E-state index contributed by atoms with van der Waals surface area (Å²) in [6.07, 6.45) is 4.27. The van der Waals surface area contributed by atoms with Crippen molar-refractivity contribution in [2.24, 2.45) is 5.92 Å². The smallest absolute Gasteiger partial charge is 0.490 e. The van der Waals surface area contributed by atoms with Gasteiger partial charge in [0.15, 0.2) is 5.43 Å². The molecule has 3 aliphatic rings. The molecule has 1 aromatic heterocycles. The van der Waals surface area contributed by atoms with Crippen LogP contribution in [0.1, 0.15) is 70.8 Å². The molecule has 0 spiro atoms. The first-order chi connectivity index (χ1) is 31.5. The molecule has 1 saturated carbocycles. The van der Waals surface area contributed by atoms with Crippen LogP contribution in [0, 0.1) is 5.92 Å². The fraction of sp³-hybridized carbons (Fsp3) is 0.300. The Bertz CT molecular complexity index is 3030. The number of aromatic hydroxyl groups is 1. The maximum Gasteiger partial charge on any atom is 0.490 e. The molecular weight excluding hydrogens is 949 g/mol. The Morgan fingerprint density at radius 1 is 0.881 bits per heavy atom. The minimum Gasteiger partial charge on any atom is -0.508 e. The largest absolute Gasteiger partial charge is 0.508 e. The number of aromatic amines is 1. The van der Waals surface area contributed by atoms with Gasteiger partial charge in [-0.05, 0) is 67.6 Å². The second-order valence-electron chi connectivity index (χ2n) is 15.2. The number of hydrogen-bond donors (Lipinski definition) is 10. The van der Waals surface area contributed by atoms with Crippen LogP contribution >= 0.6 is 23.5 Å². The van der Waals surface area contributed by atoms with E-state index in [-0.39, 0.29) is 83.0 Å². The number of rotatable bonds is 20. The first-order valence-corrected chi connectivity index (χ1v) is 24.6. The number of carbonyl (C=O) groups excluding carboxylic acids is 2. The van der Waals surface area contributed by atoms with Gasteiger partial charge in [0, 0.05) is 71.9 Å². The lowest BCUT2D eigenvalue weighted by molar-refractivity contribution is -0.121. The number of aliphatic hydroxyl groups excluding tert-OH is 1. The summed E-state index contributed by atoms with van der Waals surface area (Å²) in [5.41, 5.74) is -0.657. The van der Waals surface area contributed by atoms with Crippen molar-refractivity contribution in [1.82, 2.24) is 20.2 Å². The normalized spacial score (nSPS) is 18.2. The van der Waals surface area contributed by atoms with Gasteiger partial charge in [-0.1, -0.05) is 24.6 Å². The average molecular weight is 993 g/mol. The van der Waals surface area contributed by atoms with E-state index in [2.05, 4.69) is 28.8 Å². The van der Waals surface area contributed by atoms with Gasteiger partial charge in [-0.25, -0.2) is 23.3 Å². The number of H-pyrrole nitrogens is 1. The number of unbranched alkanes of at least 4 members (excludes halogenated alkanes) is 2. The van der Waals surface area contributed by atoms with Gasteiger partial charge in [-0.2, -0.15) is 8.62 Å². The molecule has 2 unspecified atom stereocenters. The lowest BCUT2D eigenvalue weighted by Crippen LogP contribution is -2.33. The number of carboxylic acids is 1. The lowest BCUT2D eigenvalue weighted by Gasteiger charge is -2.19. The monoisotopic (exact) mass is 992 g/mol. The molecule has 2 aromatic carbocycles. The van der Waals surface area contributed by atoms with Crippen LogP contribution in [0.2, 0.25) is 0 Å². The van der Waals surface area contributed by atoms with E-state index >= 15 is 0 Å². The van der Waals surface area contributed by atoms with Crippen LogP contribution in [0.15, 0.2) is 85.7 Å². The maximum absolute atomic E-state index is 13.1. The highest BCUT2D eigenvalue weighted by Crippen LogP contribution is 2.66. The number of hydrogen-bond acceptors (Lipinski definition) is 15. The molecule has 0 bridgehead atoms. The summed E-state index contributed by atoms with van der Waals surface area (Å²) in [6, 6.07) is 11.9. The summed E-state index contributed by atoms with van der Waals surface area (Å²) in [6.45, 7) is -0.531. The summed E-state index contributed by atoms with van der Waals surface area (Å²) >= 11 is 0. The van der Waals surface area contributed by atoms with E-state index in [0.717, 1.165) is 4.57 Å². The molecule has 3 aromatic rings. The molecule has 0 saturated heterocycles. The van der Waals surface area contributed by atoms with E-state index in [1.165, 1.54) is 66.9 Å². The maximum atomic E-state index is 13.1. The van der Waals surface area contributed by atoms with Crippen LogP contribution in [0.5, 0.6) is 5.75 Å². The zero-order valence-corrected chi connectivity index (χ0v) is 37.4. The molecule has 67 heavy (non-hydrogen) atoms. The van der Waals surface area contributed by atoms with Gasteiger partial charge >= 0.3 is 35.1 Å². The van der Waals surface area contributed by atoms with E-state index in [1.807, 2.05) is 0 Å². The number of phosphoric ester groups is 1. The predicted octanol–water partition coefficient (Wildman–Crippen LogP) is 3.59. The van der Waals surface area contributed by atoms with E-state index in [0.29, 0.717) is 35.8 Å². The Labute approximate surface area is 377 Å². The third-order valence-corrected chi connectivity index (χ3v) is 14.2. The second-order valence-corrected chi connectivity index (χ2v) is 19.7. The molecule has 1 fully saturated rings. The molecule has 2 aliphatic carbocycles. The number of aromatic nitrogens is 2. The van der Waals surface area contributed by atoms with Crippen molar-refractivity contribution in [1.29, 1.82) is 0 Å². The summed E-state index contributed by atoms with van der Waals surface area (Å²) in [5.74, 6) is -3.01. The highest BCUT2D eigenvalue weighted by atomic mass is 31.3. The Morgan fingerprint density at radius 2 is 1.63 bits per heavy atom. The molecule has 1 aliphatic heterocycles. The number of carboxylic acid groups (broad SMARTS) is 1. The summed E-state index contributed by atoms with van der Waals surface area (Å²) in [4.78, 5) is 114. The van der Waals surface area contributed by atoms with Crippen LogP contribution in [0.4, 0.5) is 0 Å². The zero-order chi connectivity index (χ0) is 48.8. The molecule has 2 amide bonds. The number of aliphatic hydroxyl groups is 1. The first-order valence-electron chi connectivity index (χ1n) is 20.1. The fourth-order valence-electron chi connectivity index (χ4n) is 7.43. The number of phosphoric acid groups is 3. The van der Waals surface area contributed by atoms with Crippen molar-refractivity contribution in [3.05, 3.63) is 115 Å². The van der Waals surface area contributed by atoms with Crippen LogP contribution in [0.25, 0.3) is 39.5 Å². The third kappa shape index (κ3) is 13.4. The summed E-state index contributed by atoms with van der Waals surface area (Å²) in [5, 5.41) is 36.7. The highest BCUT2D eigenvalue weighted by molar-refractivity contribution is 7.66. The quantitative estimate of drug-likeness (QED) is 0.0302. The first kappa shape index (κ1) is 50.5. The number of nitrogens with zero attached hydrogens (tertiary/aromatic N) is 1. The highest BCUT2D eigenvalue weighted by Gasteiger charge is 2.42. The number of benzene rings is 3. The Kier molecular flexibility index (Phi) is 15.8. The van der Waals surface area contributed by atoms with Gasteiger partial charge in [0.05, 0.1) is 23.8 Å². The summed E-state index contributed by atoms with van der Waals surface area (Å²) < 4.78 is 53.4. The van der Waals surface area contributed by atoms with E-state index < -0.39 is 71.3 Å². The third-order valence-electron chi connectivity index (χ3n) is 10.4. The second kappa shape index (κ2) is 21.0. The molecule has 6 rings (SSSR count). The molecule has 24 nitrogen and oxygen atoms in total. The van der Waals surface area contributed by atoms with Crippen molar-refractivity contribution >= 4 is 58.3 Å². The average Bonchev–Trinajstić information content (AvgIpc) is 3.60. The van der Waals surface area contributed by atoms with Crippen molar-refractivity contribution in [2.45, 2.75) is 50.7 Å². The van der Waals surface area contributed by atoms with Crippen LogP contribution in [0.3, 0.4) is 0 Å². The predicted molar refractivity (Wildman–Crippen MR) is 235 cm³/mol. The van der Waals surface area contributed by atoms with Gasteiger partial charge < -0.3 is 49.9 Å². The molecule has 5 atom stereocenters. The van der Waals surface area contributed by atoms with Crippen molar-refractivity contribution in [2.75, 3.05) is 19.7 Å². The number of nitrogens with one attached hydrogen (secondary N) is 3. The van der Waals surface area contributed by atoms with Gasteiger partial charge in [0.2, 0.25) is 5.91 Å². The molecule has 10 N–H and O–H groups in total. The number of phenols is 1. The standard InChI is InChI=1S/C40H43N4O20P3/c45-26-8-11-29-33(18-26)62-34-19-27(46)9-12-30(34)36(29)28-10-7-22(16-31(28)39(51)52)37(49)42-13-3-1-2-6-35(48)41-14-4-5-23-20-44(40(53)43-38(23)50)25-15-24(32(47)17-25)21-61-66(57,58)64-67(59,60)63-65(54,55)56/h4-5,7-12,16,18-20,24-25,32,45,47H,1-3,6,13-15,17,21H2,(H,41,48)(H,42,49)(H,51,52)(H,57,58)(H,59,60)(H,43,50,53)(H2,54,55,56)/b5-4+/t24-,25-,32+/m1/s1. The van der Waals surface area contributed by atoms with Crippen LogP contribution in [-0.2, 0) is 31.6 Å². The molecule has 27 heteroatoms. The van der Waals surface area contributed by atoms with E-state index in [9.17, 15) is 67.6 Å². The number of phenolic OH excluding ortho intramolecular Hbond substituents is 1. The Balaban J connectivity index is 0.951. The minimum absolute atomic E-state index is 0.00606. The van der Waals surface area contributed by atoms with Crippen LogP contribution in [-0.4, -0.2) is 88.0 Å². The summed E-state index contributed by atoms with van der Waals surface area (Å²) in [7, 11) is -16.8. The zero-order valence-electron chi connectivity index (χ0n) is 34.8.